The summed E-state index contributed by atoms with van der Waals surface area (Å²) in [5.41, 5.74) is 6.17. The van der Waals surface area contributed by atoms with Crippen LogP contribution in [0.4, 0.5) is 0 Å². The molecule has 1 aromatic heterocycles. The molecule has 60 valence electrons. The Morgan fingerprint density at radius 3 is 2.73 bits per heavy atom. The van der Waals surface area contributed by atoms with Crippen LogP contribution < -0.4 is 5.73 Å². The minimum atomic E-state index is 0.178. The number of nitrogens with two attached hydrogens (primary N) is 1. The summed E-state index contributed by atoms with van der Waals surface area (Å²) in [4.78, 5) is 2.84. The highest BCUT2D eigenvalue weighted by molar-refractivity contribution is 7.11. The maximum absolute atomic E-state index is 5.99. The van der Waals surface area contributed by atoms with Gasteiger partial charge in [0.15, 0.2) is 0 Å². The van der Waals surface area contributed by atoms with Crippen LogP contribution in [0.25, 0.3) is 0 Å². The van der Waals surface area contributed by atoms with Crippen molar-refractivity contribution in [3.05, 3.63) is 21.9 Å². The monoisotopic (exact) mass is 167 g/mol. The Hall–Kier alpha value is -0.340. The maximum Gasteiger partial charge on any atom is 0.0204 e. The van der Waals surface area contributed by atoms with Crippen molar-refractivity contribution in [1.29, 1.82) is 0 Å². The van der Waals surface area contributed by atoms with Crippen LogP contribution in [0, 0.1) is 6.92 Å². The van der Waals surface area contributed by atoms with Gasteiger partial charge in [-0.2, -0.15) is 0 Å². The lowest BCUT2D eigenvalue weighted by Crippen LogP contribution is -2.23. The zero-order valence-corrected chi connectivity index (χ0v) is 7.58. The highest BCUT2D eigenvalue weighted by Gasteiger charge is 2.38. The molecule has 0 bridgehead atoms. The summed E-state index contributed by atoms with van der Waals surface area (Å²) in [7, 11) is 0. The van der Waals surface area contributed by atoms with E-state index in [-0.39, 0.29) is 5.54 Å². The van der Waals surface area contributed by atoms with Gasteiger partial charge in [0.05, 0.1) is 0 Å². The summed E-state index contributed by atoms with van der Waals surface area (Å²) in [5.74, 6) is 0. The average Bonchev–Trinajstić information content (AvgIpc) is 2.49. The van der Waals surface area contributed by atoms with Gasteiger partial charge in [-0.1, -0.05) is 0 Å². The van der Waals surface area contributed by atoms with Gasteiger partial charge in [-0.15, -0.1) is 11.3 Å². The minimum absolute atomic E-state index is 0.178. The van der Waals surface area contributed by atoms with Gasteiger partial charge < -0.3 is 5.73 Å². The molecule has 11 heavy (non-hydrogen) atoms. The molecule has 1 aliphatic rings. The molecule has 1 saturated carbocycles. The molecule has 1 aromatic rings. The Labute approximate surface area is 71.2 Å². The molecule has 0 aromatic carbocycles. The molecule has 0 atom stereocenters. The predicted octanol–water partition coefficient (Wildman–Crippen LogP) is 2.09. The number of aryl methyl sites for hydroxylation is 1. The van der Waals surface area contributed by atoms with E-state index < -0.39 is 0 Å². The van der Waals surface area contributed by atoms with Crippen molar-refractivity contribution >= 4 is 11.3 Å². The smallest absolute Gasteiger partial charge is 0.0204 e. The van der Waals surface area contributed by atoms with E-state index in [0.29, 0.717) is 0 Å². The van der Waals surface area contributed by atoms with Crippen LogP contribution in [0.5, 0.6) is 0 Å². The molecule has 0 spiro atoms. The summed E-state index contributed by atoms with van der Waals surface area (Å²) in [6.07, 6.45) is 3.51. The van der Waals surface area contributed by atoms with E-state index in [0.717, 1.165) is 6.42 Å². The fourth-order valence-electron chi connectivity index (χ4n) is 1.26. The zero-order valence-electron chi connectivity index (χ0n) is 6.76. The van der Waals surface area contributed by atoms with Crippen molar-refractivity contribution in [3.63, 3.8) is 0 Å². The molecule has 0 radical (unpaired) electrons. The molecule has 2 N–H and O–H groups in total. The third-order valence-electron chi connectivity index (χ3n) is 2.21. The van der Waals surface area contributed by atoms with Crippen molar-refractivity contribution in [2.45, 2.75) is 31.7 Å². The van der Waals surface area contributed by atoms with Gasteiger partial charge in [-0.3, -0.25) is 0 Å². The first-order chi connectivity index (χ1) is 5.18. The van der Waals surface area contributed by atoms with E-state index in [1.165, 1.54) is 22.6 Å². The van der Waals surface area contributed by atoms with Crippen molar-refractivity contribution in [2.75, 3.05) is 0 Å². The predicted molar refractivity (Wildman–Crippen MR) is 48.9 cm³/mol. The molecule has 0 unspecified atom stereocenters. The summed E-state index contributed by atoms with van der Waals surface area (Å²) >= 11 is 1.87. The first-order valence-corrected chi connectivity index (χ1v) is 4.84. The third-order valence-corrected chi connectivity index (χ3v) is 3.22. The van der Waals surface area contributed by atoms with Crippen LogP contribution in [0.1, 0.15) is 22.6 Å². The number of hydrogen-bond donors (Lipinski definition) is 1. The molecule has 2 rings (SSSR count). The maximum atomic E-state index is 5.99. The van der Waals surface area contributed by atoms with Crippen LogP contribution in [0.3, 0.4) is 0 Å². The number of hydrogen-bond acceptors (Lipinski definition) is 2. The van der Waals surface area contributed by atoms with E-state index in [4.69, 9.17) is 5.73 Å². The van der Waals surface area contributed by atoms with Crippen molar-refractivity contribution < 1.29 is 0 Å². The summed E-state index contributed by atoms with van der Waals surface area (Å²) in [6, 6.07) is 4.37. The average molecular weight is 167 g/mol. The van der Waals surface area contributed by atoms with E-state index in [1.807, 2.05) is 11.3 Å². The van der Waals surface area contributed by atoms with Gasteiger partial charge in [0.1, 0.15) is 0 Å². The standard InChI is InChI=1S/C9H13NS/c1-7-2-3-8(11-7)6-9(10)4-5-9/h2-3H,4-6,10H2,1H3. The summed E-state index contributed by atoms with van der Waals surface area (Å²) < 4.78 is 0. The summed E-state index contributed by atoms with van der Waals surface area (Å²) in [5, 5.41) is 0. The second-order valence-electron chi connectivity index (χ2n) is 3.55. The van der Waals surface area contributed by atoms with Crippen LogP contribution in [-0.4, -0.2) is 5.54 Å². The van der Waals surface area contributed by atoms with Gasteiger partial charge in [-0.05, 0) is 38.3 Å². The lowest BCUT2D eigenvalue weighted by molar-refractivity contribution is 0.679. The molecule has 0 amide bonds. The Kier molecular flexibility index (Phi) is 1.55. The minimum Gasteiger partial charge on any atom is -0.325 e. The largest absolute Gasteiger partial charge is 0.325 e. The molecular formula is C9H13NS. The van der Waals surface area contributed by atoms with Crippen LogP contribution in [0.2, 0.25) is 0 Å². The van der Waals surface area contributed by atoms with Crippen molar-refractivity contribution in [2.24, 2.45) is 5.73 Å². The highest BCUT2D eigenvalue weighted by atomic mass is 32.1. The Morgan fingerprint density at radius 2 is 2.27 bits per heavy atom. The Morgan fingerprint density at radius 1 is 1.55 bits per heavy atom. The van der Waals surface area contributed by atoms with Crippen molar-refractivity contribution in [1.82, 2.24) is 0 Å². The number of rotatable bonds is 2. The van der Waals surface area contributed by atoms with Gasteiger partial charge in [0, 0.05) is 15.3 Å². The Bertz CT molecular complexity index is 260. The molecule has 1 heterocycles. The normalized spacial score (nSPS) is 20.2. The molecule has 1 nitrogen and oxygen atoms in total. The first kappa shape index (κ1) is 7.32. The summed E-state index contributed by atoms with van der Waals surface area (Å²) in [6.45, 7) is 2.14. The second kappa shape index (κ2) is 2.32. The fraction of sp³-hybridized carbons (Fsp3) is 0.556. The van der Waals surface area contributed by atoms with Crippen molar-refractivity contribution in [3.8, 4) is 0 Å². The van der Waals surface area contributed by atoms with Gasteiger partial charge >= 0.3 is 0 Å². The highest BCUT2D eigenvalue weighted by Crippen LogP contribution is 2.36. The van der Waals surface area contributed by atoms with Gasteiger partial charge in [0.25, 0.3) is 0 Å². The van der Waals surface area contributed by atoms with E-state index in [1.54, 1.807) is 0 Å². The third kappa shape index (κ3) is 1.63. The second-order valence-corrected chi connectivity index (χ2v) is 4.92. The van der Waals surface area contributed by atoms with Gasteiger partial charge in [0.2, 0.25) is 0 Å². The van der Waals surface area contributed by atoms with E-state index >= 15 is 0 Å². The SMILES string of the molecule is Cc1ccc(CC2(N)CC2)s1. The molecule has 1 aliphatic carbocycles. The molecule has 2 heteroatoms. The van der Waals surface area contributed by atoms with Crippen LogP contribution in [-0.2, 0) is 6.42 Å². The number of thiophene rings is 1. The van der Waals surface area contributed by atoms with E-state index in [9.17, 15) is 0 Å². The molecule has 1 fully saturated rings. The van der Waals surface area contributed by atoms with Crippen LogP contribution in [0.15, 0.2) is 12.1 Å². The fourth-order valence-corrected chi connectivity index (χ4v) is 2.31. The molecule has 0 aliphatic heterocycles. The lowest BCUT2D eigenvalue weighted by atomic mass is 10.2. The molecular weight excluding hydrogens is 154 g/mol. The van der Waals surface area contributed by atoms with E-state index in [2.05, 4.69) is 19.1 Å². The van der Waals surface area contributed by atoms with Crippen LogP contribution >= 0.6 is 11.3 Å². The quantitative estimate of drug-likeness (QED) is 0.717. The van der Waals surface area contributed by atoms with Gasteiger partial charge in [-0.25, -0.2) is 0 Å². The lowest BCUT2D eigenvalue weighted by Gasteiger charge is -2.04. The Balaban J connectivity index is 2.06. The topological polar surface area (TPSA) is 26.0 Å². The molecule has 0 saturated heterocycles. The zero-order chi connectivity index (χ0) is 7.90. The first-order valence-electron chi connectivity index (χ1n) is 4.02.